The predicted octanol–water partition coefficient (Wildman–Crippen LogP) is 2.64. The third-order valence-electron chi connectivity index (χ3n) is 10.2. The smallest absolute Gasteiger partial charge is 0.315 e. The maximum atomic E-state index is 14.1. The van der Waals surface area contributed by atoms with Gasteiger partial charge in [0.25, 0.3) is 5.91 Å². The SMILES string of the molecule is CC1(NC(=O)NC(C(=O)N2CC3C(C2C(=O)NC(CC2CCC2)C(=O)C(N)=O)C3(C)C)C(C)(C)C)CCCCC1. The topological polar surface area (TPSA) is 151 Å². The Morgan fingerprint density at radius 3 is 2.10 bits per heavy atom. The van der Waals surface area contributed by atoms with E-state index in [1.165, 1.54) is 0 Å². The molecule has 5 amide bonds. The maximum Gasteiger partial charge on any atom is 0.315 e. The van der Waals surface area contributed by atoms with E-state index in [4.69, 9.17) is 5.73 Å². The summed E-state index contributed by atoms with van der Waals surface area (Å²) in [5.41, 5.74) is 4.27. The Balaban J connectivity index is 1.52. The van der Waals surface area contributed by atoms with Gasteiger partial charge in [0, 0.05) is 12.1 Å². The van der Waals surface area contributed by atoms with Crippen LogP contribution in [0.5, 0.6) is 0 Å². The molecule has 0 aromatic heterocycles. The summed E-state index contributed by atoms with van der Waals surface area (Å²) in [5, 5.41) is 8.86. The summed E-state index contributed by atoms with van der Waals surface area (Å²) < 4.78 is 0. The van der Waals surface area contributed by atoms with Gasteiger partial charge in [0.1, 0.15) is 12.1 Å². The van der Waals surface area contributed by atoms with E-state index in [9.17, 15) is 24.0 Å². The fourth-order valence-corrected chi connectivity index (χ4v) is 7.25. The molecule has 0 bridgehead atoms. The van der Waals surface area contributed by atoms with Gasteiger partial charge in [-0.25, -0.2) is 4.79 Å². The molecule has 224 valence electrons. The van der Waals surface area contributed by atoms with Crippen molar-refractivity contribution in [3.8, 4) is 0 Å². The molecule has 1 heterocycles. The van der Waals surface area contributed by atoms with Crippen molar-refractivity contribution < 1.29 is 24.0 Å². The van der Waals surface area contributed by atoms with Crippen LogP contribution in [0.1, 0.15) is 99.3 Å². The first-order valence-corrected chi connectivity index (χ1v) is 15.1. The largest absolute Gasteiger partial charge is 0.363 e. The van der Waals surface area contributed by atoms with Gasteiger partial charge in [-0.15, -0.1) is 0 Å². The molecular weight excluding hydrogens is 510 g/mol. The highest BCUT2D eigenvalue weighted by molar-refractivity contribution is 6.37. The van der Waals surface area contributed by atoms with E-state index in [0.717, 1.165) is 51.4 Å². The molecule has 10 nitrogen and oxygen atoms in total. The molecule has 0 spiro atoms. The highest BCUT2D eigenvalue weighted by atomic mass is 16.2. The second kappa shape index (κ2) is 11.0. The first kappa shape index (κ1) is 30.3. The van der Waals surface area contributed by atoms with Crippen LogP contribution in [0, 0.1) is 28.6 Å². The van der Waals surface area contributed by atoms with E-state index in [0.29, 0.717) is 13.0 Å². The number of urea groups is 1. The molecular formula is C30H49N5O5. The first-order valence-electron chi connectivity index (χ1n) is 15.1. The molecule has 4 fully saturated rings. The van der Waals surface area contributed by atoms with Crippen LogP contribution in [-0.4, -0.2) is 64.6 Å². The lowest BCUT2D eigenvalue weighted by atomic mass is 9.80. The number of carbonyl (C=O) groups excluding carboxylic acids is 5. The van der Waals surface area contributed by atoms with Crippen LogP contribution in [0.3, 0.4) is 0 Å². The number of amides is 5. The van der Waals surface area contributed by atoms with Gasteiger partial charge in [0.05, 0.1) is 6.04 Å². The van der Waals surface area contributed by atoms with Gasteiger partial charge in [0.2, 0.25) is 17.6 Å². The summed E-state index contributed by atoms with van der Waals surface area (Å²) >= 11 is 0. The molecule has 40 heavy (non-hydrogen) atoms. The molecule has 5 N–H and O–H groups in total. The fourth-order valence-electron chi connectivity index (χ4n) is 7.25. The minimum Gasteiger partial charge on any atom is -0.363 e. The van der Waals surface area contributed by atoms with Crippen molar-refractivity contribution in [1.29, 1.82) is 0 Å². The Labute approximate surface area is 238 Å². The summed E-state index contributed by atoms with van der Waals surface area (Å²) in [5.74, 6) is -2.28. The first-order chi connectivity index (χ1) is 18.5. The number of rotatable bonds is 9. The number of Topliss-reactive ketones (excluding diaryl/α,β-unsaturated/α-hetero) is 1. The summed E-state index contributed by atoms with van der Waals surface area (Å²) in [6, 6.07) is -3.01. The van der Waals surface area contributed by atoms with Crippen molar-refractivity contribution in [3.63, 3.8) is 0 Å². The number of hydrogen-bond acceptors (Lipinski definition) is 5. The average molecular weight is 560 g/mol. The molecule has 0 aromatic carbocycles. The number of likely N-dealkylation sites (tertiary alicyclic amines) is 1. The quantitative estimate of drug-likeness (QED) is 0.320. The third kappa shape index (κ3) is 6.15. The van der Waals surface area contributed by atoms with Crippen molar-refractivity contribution in [2.24, 2.45) is 34.3 Å². The monoisotopic (exact) mass is 559 g/mol. The van der Waals surface area contributed by atoms with Crippen LogP contribution in [0.15, 0.2) is 0 Å². The Morgan fingerprint density at radius 1 is 0.950 bits per heavy atom. The van der Waals surface area contributed by atoms with Crippen LogP contribution in [-0.2, 0) is 19.2 Å². The molecule has 4 rings (SSSR count). The van der Waals surface area contributed by atoms with E-state index in [-0.39, 0.29) is 40.6 Å². The van der Waals surface area contributed by atoms with E-state index in [1.54, 1.807) is 4.90 Å². The van der Waals surface area contributed by atoms with Gasteiger partial charge in [-0.2, -0.15) is 0 Å². The lowest BCUT2D eigenvalue weighted by Gasteiger charge is -2.39. The molecule has 1 saturated heterocycles. The van der Waals surface area contributed by atoms with Crippen LogP contribution in [0.25, 0.3) is 0 Å². The lowest BCUT2D eigenvalue weighted by Crippen LogP contribution is -2.62. The Kier molecular flexibility index (Phi) is 8.31. The van der Waals surface area contributed by atoms with Crippen molar-refractivity contribution in [2.45, 2.75) is 123 Å². The normalized spacial score (nSPS) is 28.4. The number of nitrogens with two attached hydrogens (primary N) is 1. The highest BCUT2D eigenvalue weighted by Gasteiger charge is 2.70. The number of hydrogen-bond donors (Lipinski definition) is 4. The Hall–Kier alpha value is -2.65. The van der Waals surface area contributed by atoms with Crippen LogP contribution >= 0.6 is 0 Å². The predicted molar refractivity (Wildman–Crippen MR) is 151 cm³/mol. The van der Waals surface area contributed by atoms with Crippen molar-refractivity contribution in [1.82, 2.24) is 20.9 Å². The summed E-state index contributed by atoms with van der Waals surface area (Å²) in [6.07, 6.45) is 8.40. The second-order valence-corrected chi connectivity index (χ2v) is 14.7. The summed E-state index contributed by atoms with van der Waals surface area (Å²) in [4.78, 5) is 67.0. The number of nitrogens with zero attached hydrogens (tertiary/aromatic N) is 1. The van der Waals surface area contributed by atoms with E-state index in [2.05, 4.69) is 29.8 Å². The highest BCUT2D eigenvalue weighted by Crippen LogP contribution is 2.65. The molecule has 1 aliphatic heterocycles. The van der Waals surface area contributed by atoms with Gasteiger partial charge in [-0.3, -0.25) is 19.2 Å². The number of ketones is 1. The van der Waals surface area contributed by atoms with Gasteiger partial charge in [-0.1, -0.05) is 73.1 Å². The number of fused-ring (bicyclic) bond motifs is 1. The zero-order chi connectivity index (χ0) is 29.6. The Morgan fingerprint density at radius 2 is 1.57 bits per heavy atom. The van der Waals surface area contributed by atoms with Gasteiger partial charge >= 0.3 is 6.03 Å². The zero-order valence-electron chi connectivity index (χ0n) is 25.1. The molecule has 3 saturated carbocycles. The third-order valence-corrected chi connectivity index (χ3v) is 10.2. The number of carbonyl (C=O) groups is 5. The second-order valence-electron chi connectivity index (χ2n) is 14.7. The summed E-state index contributed by atoms with van der Waals surface area (Å²) in [7, 11) is 0. The minimum atomic E-state index is -1.07. The minimum absolute atomic E-state index is 0.0694. The van der Waals surface area contributed by atoms with E-state index in [1.807, 2.05) is 27.7 Å². The molecule has 4 aliphatic rings. The van der Waals surface area contributed by atoms with E-state index >= 15 is 0 Å². The van der Waals surface area contributed by atoms with Gasteiger partial charge < -0.3 is 26.6 Å². The van der Waals surface area contributed by atoms with Crippen molar-refractivity contribution in [2.75, 3.05) is 6.54 Å². The fraction of sp³-hybridized carbons (Fsp3) is 0.833. The van der Waals surface area contributed by atoms with Crippen LogP contribution in [0.2, 0.25) is 0 Å². The number of primary amides is 1. The molecule has 0 aromatic rings. The molecule has 5 atom stereocenters. The maximum absolute atomic E-state index is 14.1. The lowest BCUT2D eigenvalue weighted by molar-refractivity contribution is -0.145. The summed E-state index contributed by atoms with van der Waals surface area (Å²) in [6.45, 7) is 12.3. The average Bonchev–Trinajstić information content (AvgIpc) is 3.14. The molecule has 10 heteroatoms. The number of nitrogens with one attached hydrogen (secondary N) is 3. The van der Waals surface area contributed by atoms with Gasteiger partial charge in [-0.05, 0) is 54.8 Å². The molecule has 3 aliphatic carbocycles. The molecule has 5 unspecified atom stereocenters. The Bertz CT molecular complexity index is 1040. The zero-order valence-corrected chi connectivity index (χ0v) is 25.1. The number of piperidine rings is 1. The van der Waals surface area contributed by atoms with Crippen LogP contribution < -0.4 is 21.7 Å². The molecule has 0 radical (unpaired) electrons. The van der Waals surface area contributed by atoms with Crippen LogP contribution in [0.4, 0.5) is 4.79 Å². The van der Waals surface area contributed by atoms with Crippen molar-refractivity contribution >= 4 is 29.5 Å². The van der Waals surface area contributed by atoms with Crippen molar-refractivity contribution in [3.05, 3.63) is 0 Å². The standard InChI is InChI=1S/C30H49N5O5/c1-28(2,3)23(33-27(40)34-30(6)13-8-7-9-14-30)26(39)35-16-18-20(29(18,4)5)21(35)25(38)32-19(22(36)24(31)37)15-17-11-10-12-17/h17-21,23H,7-16H2,1-6H3,(H2,31,37)(H,32,38)(H2,33,34,40). The van der Waals surface area contributed by atoms with E-state index < -0.39 is 41.1 Å². The van der Waals surface area contributed by atoms with Gasteiger partial charge in [0.15, 0.2) is 0 Å².